The van der Waals surface area contributed by atoms with Gasteiger partial charge in [0, 0.05) is 24.2 Å². The minimum absolute atomic E-state index is 0.216. The molecule has 0 radical (unpaired) electrons. The fourth-order valence-corrected chi connectivity index (χ4v) is 1.58. The summed E-state index contributed by atoms with van der Waals surface area (Å²) in [6.45, 7) is 3.14. The molecule has 5 nitrogen and oxygen atoms in total. The van der Waals surface area contributed by atoms with Gasteiger partial charge in [-0.1, -0.05) is 23.7 Å². The largest absolute Gasteiger partial charge is 0.462 e. The predicted molar refractivity (Wildman–Crippen MR) is 83.1 cm³/mol. The molecule has 1 aromatic rings. The van der Waals surface area contributed by atoms with Gasteiger partial charge in [0.25, 0.3) is 0 Å². The number of ether oxygens (including phenoxy) is 1. The maximum Gasteiger partial charge on any atom is 0.330 e. The Morgan fingerprint density at radius 1 is 1.24 bits per heavy atom. The third kappa shape index (κ3) is 7.99. The van der Waals surface area contributed by atoms with Crippen molar-refractivity contribution in [2.24, 2.45) is 0 Å². The van der Waals surface area contributed by atoms with Crippen LogP contribution in [0.1, 0.15) is 18.9 Å². The van der Waals surface area contributed by atoms with Crippen LogP contribution < -0.4 is 10.6 Å². The molecule has 2 amide bonds. The first kappa shape index (κ1) is 17.0. The van der Waals surface area contributed by atoms with Crippen molar-refractivity contribution in [3.63, 3.8) is 0 Å². The molecule has 0 fully saturated rings. The fourth-order valence-electron chi connectivity index (χ4n) is 1.46. The summed E-state index contributed by atoms with van der Waals surface area (Å²) in [5, 5.41) is 5.91. The average molecular weight is 311 g/mol. The molecule has 2 N–H and O–H groups in total. The van der Waals surface area contributed by atoms with Gasteiger partial charge in [-0.15, -0.1) is 0 Å². The van der Waals surface area contributed by atoms with Gasteiger partial charge in [-0.05, 0) is 37.1 Å². The van der Waals surface area contributed by atoms with Crippen LogP contribution in [0.4, 0.5) is 4.79 Å². The summed E-state index contributed by atoms with van der Waals surface area (Å²) in [6, 6.07) is 6.90. The van der Waals surface area contributed by atoms with Gasteiger partial charge in [-0.2, -0.15) is 0 Å². The quantitative estimate of drug-likeness (QED) is 0.462. The molecule has 0 aliphatic heterocycles. The summed E-state index contributed by atoms with van der Waals surface area (Å²) in [5.74, 6) is -0.414. The van der Waals surface area contributed by atoms with Crippen LogP contribution in [0, 0.1) is 0 Å². The van der Waals surface area contributed by atoms with E-state index in [1.54, 1.807) is 18.2 Å². The minimum Gasteiger partial charge on any atom is -0.462 e. The lowest BCUT2D eigenvalue weighted by molar-refractivity contribution is -0.137. The Hall–Kier alpha value is -2.01. The number of halogens is 1. The Kier molecular flexibility index (Phi) is 7.97. The lowest BCUT2D eigenvalue weighted by atomic mass is 10.2. The summed E-state index contributed by atoms with van der Waals surface area (Å²) in [4.78, 5) is 22.5. The standard InChI is InChI=1S/C15H19ClN2O3/c1-2-17-15(20)18-10-3-11-21-14(19)9-6-12-4-7-13(16)8-5-12/h4-9H,2-3,10-11H2,1H3,(H2,17,18,20)/b9-6+. The summed E-state index contributed by atoms with van der Waals surface area (Å²) in [7, 11) is 0. The third-order valence-electron chi connectivity index (χ3n) is 2.47. The number of hydrogen-bond acceptors (Lipinski definition) is 3. The molecule has 21 heavy (non-hydrogen) atoms. The molecule has 0 saturated carbocycles. The monoisotopic (exact) mass is 310 g/mol. The van der Waals surface area contributed by atoms with E-state index < -0.39 is 5.97 Å². The molecule has 0 saturated heterocycles. The maximum atomic E-state index is 11.4. The van der Waals surface area contributed by atoms with E-state index in [-0.39, 0.29) is 12.6 Å². The Morgan fingerprint density at radius 2 is 1.95 bits per heavy atom. The molecule has 0 heterocycles. The van der Waals surface area contributed by atoms with Gasteiger partial charge in [0.15, 0.2) is 0 Å². The molecule has 1 rings (SSSR count). The number of carbonyl (C=O) groups excluding carboxylic acids is 2. The molecule has 0 unspecified atom stereocenters. The fraction of sp³-hybridized carbons (Fsp3) is 0.333. The number of nitrogens with one attached hydrogen (secondary N) is 2. The van der Waals surface area contributed by atoms with Crippen molar-refractivity contribution in [3.8, 4) is 0 Å². The van der Waals surface area contributed by atoms with Crippen molar-refractivity contribution in [3.05, 3.63) is 40.9 Å². The molecule has 0 atom stereocenters. The second-order valence-electron chi connectivity index (χ2n) is 4.19. The van der Waals surface area contributed by atoms with Gasteiger partial charge in [0.2, 0.25) is 0 Å². The third-order valence-corrected chi connectivity index (χ3v) is 2.72. The molecule has 0 aromatic heterocycles. The Morgan fingerprint density at radius 3 is 2.62 bits per heavy atom. The van der Waals surface area contributed by atoms with E-state index in [1.165, 1.54) is 6.08 Å². The van der Waals surface area contributed by atoms with Gasteiger partial charge in [-0.3, -0.25) is 0 Å². The second-order valence-corrected chi connectivity index (χ2v) is 4.63. The number of esters is 1. The van der Waals surface area contributed by atoms with Gasteiger partial charge >= 0.3 is 12.0 Å². The van der Waals surface area contributed by atoms with Crippen molar-refractivity contribution in [2.75, 3.05) is 19.7 Å². The van der Waals surface area contributed by atoms with Crippen LogP contribution in [-0.2, 0) is 9.53 Å². The van der Waals surface area contributed by atoms with Crippen LogP contribution in [0.3, 0.4) is 0 Å². The molecule has 114 valence electrons. The molecular weight excluding hydrogens is 292 g/mol. The van der Waals surface area contributed by atoms with Crippen LogP contribution in [0.2, 0.25) is 5.02 Å². The number of benzene rings is 1. The zero-order valence-corrected chi connectivity index (χ0v) is 12.7. The molecule has 6 heteroatoms. The van der Waals surface area contributed by atoms with E-state index in [2.05, 4.69) is 10.6 Å². The highest BCUT2D eigenvalue weighted by atomic mass is 35.5. The van der Waals surface area contributed by atoms with E-state index in [1.807, 2.05) is 19.1 Å². The van der Waals surface area contributed by atoms with Gasteiger partial charge in [0.1, 0.15) is 0 Å². The number of amides is 2. The van der Waals surface area contributed by atoms with E-state index in [0.29, 0.717) is 24.5 Å². The van der Waals surface area contributed by atoms with Crippen molar-refractivity contribution < 1.29 is 14.3 Å². The maximum absolute atomic E-state index is 11.4. The molecule has 0 aliphatic carbocycles. The predicted octanol–water partition coefficient (Wildman–Crippen LogP) is 2.61. The molecule has 0 spiro atoms. The molecule has 0 bridgehead atoms. The average Bonchev–Trinajstić information content (AvgIpc) is 2.46. The first-order chi connectivity index (χ1) is 10.1. The number of rotatable bonds is 7. The van der Waals surface area contributed by atoms with E-state index >= 15 is 0 Å². The summed E-state index contributed by atoms with van der Waals surface area (Å²) < 4.78 is 5.01. The lowest BCUT2D eigenvalue weighted by Crippen LogP contribution is -2.36. The van der Waals surface area contributed by atoms with Gasteiger partial charge in [0.05, 0.1) is 6.61 Å². The van der Waals surface area contributed by atoms with Crippen molar-refractivity contribution >= 4 is 29.7 Å². The smallest absolute Gasteiger partial charge is 0.330 e. The molecule has 1 aromatic carbocycles. The van der Waals surface area contributed by atoms with Crippen LogP contribution in [-0.4, -0.2) is 31.7 Å². The van der Waals surface area contributed by atoms with Gasteiger partial charge < -0.3 is 15.4 Å². The molecule has 0 aliphatic rings. The highest BCUT2D eigenvalue weighted by molar-refractivity contribution is 6.30. The molecular formula is C15H19ClN2O3. The van der Waals surface area contributed by atoms with Crippen LogP contribution in [0.5, 0.6) is 0 Å². The topological polar surface area (TPSA) is 67.4 Å². The number of hydrogen-bond donors (Lipinski definition) is 2. The highest BCUT2D eigenvalue weighted by Gasteiger charge is 1.99. The highest BCUT2D eigenvalue weighted by Crippen LogP contribution is 2.10. The van der Waals surface area contributed by atoms with E-state index in [4.69, 9.17) is 16.3 Å². The first-order valence-corrected chi connectivity index (χ1v) is 7.11. The SMILES string of the molecule is CCNC(=O)NCCCOC(=O)/C=C/c1ccc(Cl)cc1. The summed E-state index contributed by atoms with van der Waals surface area (Å²) >= 11 is 5.76. The van der Waals surface area contributed by atoms with Crippen molar-refractivity contribution in [2.45, 2.75) is 13.3 Å². The second kappa shape index (κ2) is 9.83. The van der Waals surface area contributed by atoms with E-state index in [0.717, 1.165) is 5.56 Å². The number of urea groups is 1. The minimum atomic E-state index is -0.414. The summed E-state index contributed by atoms with van der Waals surface area (Å²) in [5.41, 5.74) is 0.870. The first-order valence-electron chi connectivity index (χ1n) is 6.74. The lowest BCUT2D eigenvalue weighted by Gasteiger charge is -2.05. The van der Waals surface area contributed by atoms with Crippen LogP contribution in [0.15, 0.2) is 30.3 Å². The van der Waals surface area contributed by atoms with E-state index in [9.17, 15) is 9.59 Å². The zero-order chi connectivity index (χ0) is 15.5. The van der Waals surface area contributed by atoms with Crippen LogP contribution >= 0.6 is 11.6 Å². The Balaban J connectivity index is 2.16. The Bertz CT molecular complexity index is 486. The van der Waals surface area contributed by atoms with Gasteiger partial charge in [-0.25, -0.2) is 9.59 Å². The van der Waals surface area contributed by atoms with Crippen molar-refractivity contribution in [1.82, 2.24) is 10.6 Å². The van der Waals surface area contributed by atoms with Crippen molar-refractivity contribution in [1.29, 1.82) is 0 Å². The normalized spacial score (nSPS) is 10.4. The summed E-state index contributed by atoms with van der Waals surface area (Å²) in [6.07, 6.45) is 3.59. The van der Waals surface area contributed by atoms with Crippen LogP contribution in [0.25, 0.3) is 6.08 Å². The zero-order valence-electron chi connectivity index (χ0n) is 11.9. The number of carbonyl (C=O) groups is 2. The Labute approximate surface area is 129 Å².